The highest BCUT2D eigenvalue weighted by Crippen LogP contribution is 2.23. The molecule has 66 valence electrons. The van der Waals surface area contributed by atoms with Crippen molar-refractivity contribution in [2.45, 2.75) is 0 Å². The summed E-state index contributed by atoms with van der Waals surface area (Å²) in [4.78, 5) is 0. The maximum absolute atomic E-state index is 5.23. The lowest BCUT2D eigenvalue weighted by Gasteiger charge is -1.99. The zero-order chi connectivity index (χ0) is 9.26. The SMILES string of the molecule is CSC(=S)c1cccc2nnsc12. The zero-order valence-corrected chi connectivity index (χ0v) is 9.30. The Morgan fingerprint density at radius 2 is 2.38 bits per heavy atom. The average molecular weight is 226 g/mol. The number of benzene rings is 1. The predicted molar refractivity (Wildman–Crippen MR) is 62.6 cm³/mol. The highest BCUT2D eigenvalue weighted by atomic mass is 32.2. The molecule has 2 nitrogen and oxygen atoms in total. The first-order valence-electron chi connectivity index (χ1n) is 3.62. The number of rotatable bonds is 1. The molecule has 0 amide bonds. The molecule has 2 aromatic rings. The van der Waals surface area contributed by atoms with Crippen molar-refractivity contribution < 1.29 is 0 Å². The minimum atomic E-state index is 0.900. The molecule has 0 aliphatic carbocycles. The zero-order valence-electron chi connectivity index (χ0n) is 6.85. The lowest BCUT2D eigenvalue weighted by atomic mass is 10.2. The normalized spacial score (nSPS) is 10.5. The van der Waals surface area contributed by atoms with Crippen LogP contribution in [-0.4, -0.2) is 20.0 Å². The van der Waals surface area contributed by atoms with Crippen LogP contribution in [0.2, 0.25) is 0 Å². The van der Waals surface area contributed by atoms with Gasteiger partial charge in [0, 0.05) is 5.56 Å². The maximum atomic E-state index is 5.23. The summed E-state index contributed by atoms with van der Waals surface area (Å²) in [5, 5.41) is 4.00. The van der Waals surface area contributed by atoms with Crippen molar-refractivity contribution in [1.82, 2.24) is 9.59 Å². The van der Waals surface area contributed by atoms with Crippen molar-refractivity contribution in [3.63, 3.8) is 0 Å². The summed E-state index contributed by atoms with van der Waals surface area (Å²) in [6, 6.07) is 5.92. The molecule has 13 heavy (non-hydrogen) atoms. The van der Waals surface area contributed by atoms with Gasteiger partial charge in [-0.05, 0) is 23.9 Å². The van der Waals surface area contributed by atoms with Crippen LogP contribution in [0.5, 0.6) is 0 Å². The number of nitrogens with zero attached hydrogens (tertiary/aromatic N) is 2. The lowest BCUT2D eigenvalue weighted by Crippen LogP contribution is -1.89. The first kappa shape index (κ1) is 9.05. The van der Waals surface area contributed by atoms with Gasteiger partial charge in [0.25, 0.3) is 0 Å². The third kappa shape index (κ3) is 1.59. The van der Waals surface area contributed by atoms with Crippen LogP contribution in [0.15, 0.2) is 18.2 Å². The molecule has 0 aliphatic heterocycles. The fraction of sp³-hybridized carbons (Fsp3) is 0.125. The molecule has 1 aromatic carbocycles. The standard InChI is InChI=1S/C8H6N2S3/c1-12-8(11)5-3-2-4-6-7(5)13-10-9-6/h2-4H,1H3. The molecule has 0 N–H and O–H groups in total. The van der Waals surface area contributed by atoms with Gasteiger partial charge >= 0.3 is 0 Å². The van der Waals surface area contributed by atoms with Crippen LogP contribution in [0.1, 0.15) is 5.56 Å². The maximum Gasteiger partial charge on any atom is 0.106 e. The Labute approximate surface area is 89.5 Å². The average Bonchev–Trinajstić information content (AvgIpc) is 2.63. The second kappa shape index (κ2) is 3.69. The Morgan fingerprint density at radius 1 is 1.54 bits per heavy atom. The Bertz CT molecular complexity index is 449. The van der Waals surface area contributed by atoms with Gasteiger partial charge in [-0.2, -0.15) is 0 Å². The minimum absolute atomic E-state index is 0.900. The largest absolute Gasteiger partial charge is 0.138 e. The van der Waals surface area contributed by atoms with Crippen molar-refractivity contribution in [2.24, 2.45) is 0 Å². The fourth-order valence-corrected chi connectivity index (χ4v) is 2.45. The van der Waals surface area contributed by atoms with Gasteiger partial charge in [0.1, 0.15) is 5.52 Å². The van der Waals surface area contributed by atoms with E-state index < -0.39 is 0 Å². The van der Waals surface area contributed by atoms with Gasteiger partial charge < -0.3 is 0 Å². The van der Waals surface area contributed by atoms with E-state index in [0.29, 0.717) is 0 Å². The molecule has 0 spiro atoms. The highest BCUT2D eigenvalue weighted by Gasteiger charge is 2.07. The van der Waals surface area contributed by atoms with Crippen LogP contribution in [0, 0.1) is 0 Å². The number of aromatic nitrogens is 2. The number of thioether (sulfide) groups is 1. The van der Waals surface area contributed by atoms with Crippen molar-refractivity contribution in [3.8, 4) is 0 Å². The van der Waals surface area contributed by atoms with E-state index >= 15 is 0 Å². The van der Waals surface area contributed by atoms with Gasteiger partial charge in [0.15, 0.2) is 0 Å². The number of hydrogen-bond acceptors (Lipinski definition) is 5. The van der Waals surface area contributed by atoms with Crippen LogP contribution < -0.4 is 0 Å². The van der Waals surface area contributed by atoms with Gasteiger partial charge in [-0.1, -0.05) is 28.8 Å². The highest BCUT2D eigenvalue weighted by molar-refractivity contribution is 8.23. The Hall–Kier alpha value is -0.520. The number of hydrogen-bond donors (Lipinski definition) is 0. The van der Waals surface area contributed by atoms with Crippen molar-refractivity contribution in [1.29, 1.82) is 0 Å². The van der Waals surface area contributed by atoms with Gasteiger partial charge in [0.2, 0.25) is 0 Å². The van der Waals surface area contributed by atoms with E-state index in [1.165, 1.54) is 11.5 Å². The van der Waals surface area contributed by atoms with E-state index in [4.69, 9.17) is 12.2 Å². The van der Waals surface area contributed by atoms with E-state index in [1.54, 1.807) is 11.8 Å². The van der Waals surface area contributed by atoms with Gasteiger partial charge in [-0.15, -0.1) is 16.9 Å². The molecule has 0 atom stereocenters. The van der Waals surface area contributed by atoms with E-state index in [1.807, 2.05) is 24.5 Å². The molecule has 0 saturated carbocycles. The van der Waals surface area contributed by atoms with Crippen LogP contribution in [-0.2, 0) is 0 Å². The second-order valence-electron chi connectivity index (χ2n) is 2.42. The van der Waals surface area contributed by atoms with E-state index in [2.05, 4.69) is 9.59 Å². The Kier molecular flexibility index (Phi) is 2.57. The molecule has 5 heteroatoms. The Balaban J connectivity index is 2.67. The summed E-state index contributed by atoms with van der Waals surface area (Å²) in [5.41, 5.74) is 2.01. The fourth-order valence-electron chi connectivity index (χ4n) is 1.08. The molecule has 0 aliphatic rings. The molecule has 1 aromatic heterocycles. The first-order valence-corrected chi connectivity index (χ1v) is 6.03. The van der Waals surface area contributed by atoms with Crippen molar-refractivity contribution in [2.75, 3.05) is 6.26 Å². The molecular formula is C8H6N2S3. The van der Waals surface area contributed by atoms with Crippen molar-refractivity contribution >= 4 is 49.9 Å². The van der Waals surface area contributed by atoms with E-state index in [9.17, 15) is 0 Å². The predicted octanol–water partition coefficient (Wildman–Crippen LogP) is 2.73. The monoisotopic (exact) mass is 226 g/mol. The third-order valence-electron chi connectivity index (χ3n) is 1.68. The lowest BCUT2D eigenvalue weighted by molar-refractivity contribution is 1.20. The molecule has 0 saturated heterocycles. The summed E-state index contributed by atoms with van der Waals surface area (Å²) in [7, 11) is 0. The minimum Gasteiger partial charge on any atom is -0.138 e. The summed E-state index contributed by atoms with van der Waals surface area (Å²) in [6.07, 6.45) is 1.98. The summed E-state index contributed by atoms with van der Waals surface area (Å²) in [6.45, 7) is 0. The van der Waals surface area contributed by atoms with Gasteiger partial charge in [-0.3, -0.25) is 0 Å². The summed E-state index contributed by atoms with van der Waals surface area (Å²) >= 11 is 8.20. The summed E-state index contributed by atoms with van der Waals surface area (Å²) < 4.78 is 5.89. The molecule has 0 bridgehead atoms. The van der Waals surface area contributed by atoms with Crippen LogP contribution >= 0.6 is 35.5 Å². The number of thiocarbonyl (C=S) groups is 1. The second-order valence-corrected chi connectivity index (χ2v) is 4.66. The molecular weight excluding hydrogens is 220 g/mol. The van der Waals surface area contributed by atoms with Crippen LogP contribution in [0.3, 0.4) is 0 Å². The van der Waals surface area contributed by atoms with E-state index in [-0.39, 0.29) is 0 Å². The molecule has 0 unspecified atom stereocenters. The van der Waals surface area contributed by atoms with Crippen LogP contribution in [0.25, 0.3) is 10.2 Å². The quantitative estimate of drug-likeness (QED) is 0.698. The molecule has 0 radical (unpaired) electrons. The topological polar surface area (TPSA) is 25.8 Å². The van der Waals surface area contributed by atoms with E-state index in [0.717, 1.165) is 20.0 Å². The van der Waals surface area contributed by atoms with Crippen molar-refractivity contribution in [3.05, 3.63) is 23.8 Å². The summed E-state index contributed by atoms with van der Waals surface area (Å²) in [5.74, 6) is 0. The molecule has 1 heterocycles. The molecule has 2 rings (SSSR count). The van der Waals surface area contributed by atoms with Gasteiger partial charge in [0.05, 0.1) is 8.90 Å². The third-order valence-corrected chi connectivity index (χ3v) is 3.77. The molecule has 0 fully saturated rings. The Morgan fingerprint density at radius 3 is 3.15 bits per heavy atom. The smallest absolute Gasteiger partial charge is 0.106 e. The van der Waals surface area contributed by atoms with Gasteiger partial charge in [-0.25, -0.2) is 0 Å². The number of fused-ring (bicyclic) bond motifs is 1. The van der Waals surface area contributed by atoms with Crippen LogP contribution in [0.4, 0.5) is 0 Å². The first-order chi connectivity index (χ1) is 6.33.